The van der Waals surface area contributed by atoms with Crippen molar-refractivity contribution in [1.29, 1.82) is 0 Å². The second kappa shape index (κ2) is 5.70. The first-order valence-corrected chi connectivity index (χ1v) is 10.6. The molecule has 0 aromatic rings. The molecule has 0 amide bonds. The predicted molar refractivity (Wildman–Crippen MR) is 99.3 cm³/mol. The van der Waals surface area contributed by atoms with Crippen LogP contribution in [0.15, 0.2) is 0 Å². The van der Waals surface area contributed by atoms with E-state index in [1.807, 2.05) is 0 Å². The number of fused-ring (bicyclic) bond motifs is 3. The standard InChI is InChI=1S/C22H36O4/c1-14(24)26-18-8-9-20(4)16(19(18,2)3)7-10-21-11-15(5-6-17(20)21)22(25,12-21)13-23/h15-18,23,25H,5-13H2,1-4H3/t15?,16?,17-,18?,20?,21?,22-/m0/s1. The van der Waals surface area contributed by atoms with Crippen molar-refractivity contribution in [3.05, 3.63) is 0 Å². The van der Waals surface area contributed by atoms with Crippen molar-refractivity contribution in [3.63, 3.8) is 0 Å². The summed E-state index contributed by atoms with van der Waals surface area (Å²) < 4.78 is 5.73. The number of esters is 1. The highest BCUT2D eigenvalue weighted by molar-refractivity contribution is 5.66. The Kier molecular flexibility index (Phi) is 4.11. The van der Waals surface area contributed by atoms with E-state index < -0.39 is 5.60 Å². The van der Waals surface area contributed by atoms with Crippen molar-refractivity contribution in [2.45, 2.75) is 90.8 Å². The summed E-state index contributed by atoms with van der Waals surface area (Å²) in [4.78, 5) is 11.6. The molecule has 2 N–H and O–H groups in total. The lowest BCUT2D eigenvalue weighted by molar-refractivity contribution is -0.197. The predicted octanol–water partition coefficient (Wildman–Crippen LogP) is 3.68. The maximum atomic E-state index is 11.6. The van der Waals surface area contributed by atoms with Crippen LogP contribution in [0.4, 0.5) is 0 Å². The highest BCUT2D eigenvalue weighted by Gasteiger charge is 2.68. The van der Waals surface area contributed by atoms with Crippen LogP contribution < -0.4 is 0 Å². The number of hydrogen-bond acceptors (Lipinski definition) is 4. The van der Waals surface area contributed by atoms with Gasteiger partial charge in [0.2, 0.25) is 0 Å². The molecule has 0 aromatic heterocycles. The summed E-state index contributed by atoms with van der Waals surface area (Å²) in [5.41, 5.74) is -0.425. The molecule has 0 saturated heterocycles. The van der Waals surface area contributed by atoms with Crippen LogP contribution in [-0.4, -0.2) is 34.5 Å². The van der Waals surface area contributed by atoms with E-state index >= 15 is 0 Å². The zero-order chi connectivity index (χ0) is 19.0. The van der Waals surface area contributed by atoms with Gasteiger partial charge in [0.1, 0.15) is 6.10 Å². The molecule has 0 aromatic carbocycles. The molecule has 4 aliphatic carbocycles. The van der Waals surface area contributed by atoms with Crippen LogP contribution in [-0.2, 0) is 9.53 Å². The lowest BCUT2D eigenvalue weighted by Gasteiger charge is -2.65. The summed E-state index contributed by atoms with van der Waals surface area (Å²) >= 11 is 0. The lowest BCUT2D eigenvalue weighted by Crippen LogP contribution is -2.59. The summed E-state index contributed by atoms with van der Waals surface area (Å²) in [6.45, 7) is 8.50. The third-order valence-corrected chi connectivity index (χ3v) is 9.39. The molecule has 1 spiro atoms. The first kappa shape index (κ1) is 18.7. The number of carbonyl (C=O) groups is 1. The maximum absolute atomic E-state index is 11.6. The van der Waals surface area contributed by atoms with Crippen LogP contribution in [0.1, 0.15) is 79.1 Å². The largest absolute Gasteiger partial charge is 0.462 e. The fourth-order valence-electron chi connectivity index (χ4n) is 8.42. The third kappa shape index (κ3) is 2.37. The lowest BCUT2D eigenvalue weighted by atomic mass is 9.41. The molecular weight excluding hydrogens is 328 g/mol. The molecule has 0 aliphatic heterocycles. The monoisotopic (exact) mass is 364 g/mol. The van der Waals surface area contributed by atoms with Crippen LogP contribution in [0.3, 0.4) is 0 Å². The topological polar surface area (TPSA) is 66.8 Å². The summed E-state index contributed by atoms with van der Waals surface area (Å²) in [6, 6.07) is 0. The van der Waals surface area contributed by atoms with Gasteiger partial charge in [0.25, 0.3) is 0 Å². The van der Waals surface area contributed by atoms with Crippen molar-refractivity contribution >= 4 is 5.97 Å². The number of carbonyl (C=O) groups excluding carboxylic acids is 1. The van der Waals surface area contributed by atoms with Gasteiger partial charge in [-0.2, -0.15) is 0 Å². The van der Waals surface area contributed by atoms with Crippen LogP contribution in [0, 0.1) is 34.0 Å². The minimum atomic E-state index is -0.859. The Hall–Kier alpha value is -0.610. The molecule has 0 heterocycles. The van der Waals surface area contributed by atoms with Gasteiger partial charge in [0, 0.05) is 12.3 Å². The van der Waals surface area contributed by atoms with Gasteiger partial charge < -0.3 is 14.9 Å². The number of hydrogen-bond donors (Lipinski definition) is 2. The average Bonchev–Trinajstić information content (AvgIpc) is 2.76. The minimum Gasteiger partial charge on any atom is -0.462 e. The average molecular weight is 365 g/mol. The highest BCUT2D eigenvalue weighted by atomic mass is 16.5. The van der Waals surface area contributed by atoms with E-state index in [2.05, 4.69) is 20.8 Å². The molecule has 4 aliphatic rings. The SMILES string of the molecule is CC(=O)OC1CCC2(C)C(CCC34CC(CC[C@H]32)[C@@](O)(CO)C4)C1(C)C. The third-order valence-electron chi connectivity index (χ3n) is 9.39. The molecule has 5 unspecified atom stereocenters. The molecule has 4 saturated carbocycles. The molecular formula is C22H36O4. The van der Waals surface area contributed by atoms with Crippen molar-refractivity contribution in [2.24, 2.45) is 34.0 Å². The smallest absolute Gasteiger partial charge is 0.302 e. The van der Waals surface area contributed by atoms with Gasteiger partial charge in [0.15, 0.2) is 0 Å². The summed E-state index contributed by atoms with van der Waals surface area (Å²) in [5, 5.41) is 20.9. The fourth-order valence-corrected chi connectivity index (χ4v) is 8.42. The highest BCUT2D eigenvalue weighted by Crippen LogP contribution is 2.72. The van der Waals surface area contributed by atoms with Gasteiger partial charge in [-0.1, -0.05) is 20.8 Å². The summed E-state index contributed by atoms with van der Waals surface area (Å²) in [7, 11) is 0. The Balaban J connectivity index is 1.66. The number of aliphatic hydroxyl groups is 2. The van der Waals surface area contributed by atoms with Gasteiger partial charge in [-0.3, -0.25) is 4.79 Å². The van der Waals surface area contributed by atoms with Crippen molar-refractivity contribution < 1.29 is 19.7 Å². The summed E-state index contributed by atoms with van der Waals surface area (Å²) in [5.74, 6) is 1.27. The molecule has 148 valence electrons. The quantitative estimate of drug-likeness (QED) is 0.734. The first-order chi connectivity index (χ1) is 12.1. The van der Waals surface area contributed by atoms with Gasteiger partial charge in [-0.25, -0.2) is 0 Å². The molecule has 26 heavy (non-hydrogen) atoms. The van der Waals surface area contributed by atoms with E-state index in [9.17, 15) is 15.0 Å². The fraction of sp³-hybridized carbons (Fsp3) is 0.955. The Bertz CT molecular complexity index is 601. The van der Waals surface area contributed by atoms with Crippen molar-refractivity contribution in [3.8, 4) is 0 Å². The Morgan fingerprint density at radius 2 is 1.81 bits per heavy atom. The van der Waals surface area contributed by atoms with Crippen LogP contribution >= 0.6 is 0 Å². The van der Waals surface area contributed by atoms with Crippen molar-refractivity contribution in [2.75, 3.05) is 6.61 Å². The second-order valence-corrected chi connectivity index (χ2v) is 10.9. The van der Waals surface area contributed by atoms with E-state index in [4.69, 9.17) is 4.74 Å². The number of ether oxygens (including phenoxy) is 1. The Morgan fingerprint density at radius 1 is 1.08 bits per heavy atom. The molecule has 4 heteroatoms. The van der Waals surface area contributed by atoms with Gasteiger partial charge in [0.05, 0.1) is 12.2 Å². The van der Waals surface area contributed by atoms with Gasteiger partial charge in [-0.15, -0.1) is 0 Å². The van der Waals surface area contributed by atoms with E-state index in [1.54, 1.807) is 0 Å². The van der Waals surface area contributed by atoms with Crippen molar-refractivity contribution in [1.82, 2.24) is 0 Å². The molecule has 2 bridgehead atoms. The molecule has 0 radical (unpaired) electrons. The molecule has 4 rings (SSSR count). The summed E-state index contributed by atoms with van der Waals surface area (Å²) in [6.07, 6.45) is 8.44. The molecule has 7 atom stereocenters. The van der Waals surface area contributed by atoms with E-state index in [0.29, 0.717) is 11.8 Å². The van der Waals surface area contributed by atoms with Gasteiger partial charge in [-0.05, 0) is 80.0 Å². The Labute approximate surface area is 157 Å². The Morgan fingerprint density at radius 3 is 2.46 bits per heavy atom. The van der Waals surface area contributed by atoms with Crippen LogP contribution in [0.25, 0.3) is 0 Å². The molecule has 4 nitrogen and oxygen atoms in total. The minimum absolute atomic E-state index is 0.0109. The van der Waals surface area contributed by atoms with E-state index in [1.165, 1.54) is 13.3 Å². The molecule has 4 fully saturated rings. The van der Waals surface area contributed by atoms with Crippen LogP contribution in [0.2, 0.25) is 0 Å². The van der Waals surface area contributed by atoms with Gasteiger partial charge >= 0.3 is 5.97 Å². The zero-order valence-corrected chi connectivity index (χ0v) is 16.9. The first-order valence-electron chi connectivity index (χ1n) is 10.6. The normalized spacial score (nSPS) is 52.1. The zero-order valence-electron chi connectivity index (χ0n) is 16.9. The second-order valence-electron chi connectivity index (χ2n) is 10.9. The van der Waals surface area contributed by atoms with E-state index in [-0.39, 0.29) is 40.8 Å². The number of aliphatic hydroxyl groups excluding tert-OH is 1. The van der Waals surface area contributed by atoms with Crippen LogP contribution in [0.5, 0.6) is 0 Å². The van der Waals surface area contributed by atoms with E-state index in [0.717, 1.165) is 44.9 Å². The number of rotatable bonds is 2. The maximum Gasteiger partial charge on any atom is 0.302 e.